The smallest absolute Gasteiger partial charge is 0.220 e. The van der Waals surface area contributed by atoms with E-state index in [4.69, 9.17) is 16.3 Å². The lowest BCUT2D eigenvalue weighted by Crippen LogP contribution is -2.28. The molecule has 2 aromatic rings. The molecule has 0 aliphatic rings. The quantitative estimate of drug-likeness (QED) is 0.595. The number of nitrogens with one attached hydrogen (secondary N) is 1. The lowest BCUT2D eigenvalue weighted by Gasteiger charge is -2.07. The highest BCUT2D eigenvalue weighted by Crippen LogP contribution is 2.15. The van der Waals surface area contributed by atoms with E-state index in [1.165, 1.54) is 0 Å². The summed E-state index contributed by atoms with van der Waals surface area (Å²) in [5.41, 5.74) is 0.631. The van der Waals surface area contributed by atoms with Crippen LogP contribution in [0, 0.1) is 0 Å². The van der Waals surface area contributed by atoms with Gasteiger partial charge in [0, 0.05) is 23.4 Å². The molecule has 0 atom stereocenters. The van der Waals surface area contributed by atoms with E-state index < -0.39 is 0 Å². The lowest BCUT2D eigenvalue weighted by molar-refractivity contribution is -0.121. The largest absolute Gasteiger partial charge is 0.492 e. The van der Waals surface area contributed by atoms with E-state index in [9.17, 15) is 9.59 Å². The molecule has 0 fully saturated rings. The summed E-state index contributed by atoms with van der Waals surface area (Å²) in [6, 6.07) is 16.0. The van der Waals surface area contributed by atoms with Gasteiger partial charge in [-0.05, 0) is 24.3 Å². The van der Waals surface area contributed by atoms with Crippen LogP contribution in [0.5, 0.6) is 5.75 Å². The normalized spacial score (nSPS) is 10.1. The standard InChI is InChI=1S/C18H18ClNO3/c19-15-6-8-16(9-7-15)23-13-12-20-18(22)11-10-17(21)14-4-2-1-3-5-14/h1-9H,10-13H2,(H,20,22). The summed E-state index contributed by atoms with van der Waals surface area (Å²) in [6.07, 6.45) is 0.378. The fraction of sp³-hybridized carbons (Fsp3) is 0.222. The fourth-order valence-electron chi connectivity index (χ4n) is 1.97. The number of hydrogen-bond donors (Lipinski definition) is 1. The molecule has 0 aliphatic carbocycles. The molecular weight excluding hydrogens is 314 g/mol. The van der Waals surface area contributed by atoms with Gasteiger partial charge in [0.1, 0.15) is 12.4 Å². The fourth-order valence-corrected chi connectivity index (χ4v) is 2.10. The summed E-state index contributed by atoms with van der Waals surface area (Å²) in [5, 5.41) is 3.38. The highest BCUT2D eigenvalue weighted by atomic mass is 35.5. The van der Waals surface area contributed by atoms with E-state index in [1.807, 2.05) is 6.07 Å². The van der Waals surface area contributed by atoms with E-state index in [0.29, 0.717) is 29.5 Å². The molecule has 0 bridgehead atoms. The first-order valence-corrected chi connectivity index (χ1v) is 7.76. The van der Waals surface area contributed by atoms with Crippen LogP contribution in [0.25, 0.3) is 0 Å². The SMILES string of the molecule is O=C(CCC(=O)c1ccccc1)NCCOc1ccc(Cl)cc1. The molecule has 2 rings (SSSR count). The van der Waals surface area contributed by atoms with Gasteiger partial charge in [0.2, 0.25) is 5.91 Å². The number of rotatable bonds is 8. The van der Waals surface area contributed by atoms with Crippen molar-refractivity contribution in [1.29, 1.82) is 0 Å². The van der Waals surface area contributed by atoms with Gasteiger partial charge in [-0.3, -0.25) is 9.59 Å². The Morgan fingerprint density at radius 1 is 0.957 bits per heavy atom. The van der Waals surface area contributed by atoms with Gasteiger partial charge in [0.15, 0.2) is 5.78 Å². The van der Waals surface area contributed by atoms with Gasteiger partial charge in [0.05, 0.1) is 6.54 Å². The zero-order valence-electron chi connectivity index (χ0n) is 12.6. The second kappa shape index (κ2) is 8.96. The van der Waals surface area contributed by atoms with Crippen molar-refractivity contribution in [3.8, 4) is 5.75 Å². The molecule has 0 aliphatic heterocycles. The van der Waals surface area contributed by atoms with Crippen molar-refractivity contribution in [3.05, 3.63) is 65.2 Å². The third-order valence-electron chi connectivity index (χ3n) is 3.18. The molecule has 0 unspecified atom stereocenters. The zero-order valence-corrected chi connectivity index (χ0v) is 13.4. The van der Waals surface area contributed by atoms with Crippen LogP contribution in [-0.2, 0) is 4.79 Å². The Hall–Kier alpha value is -2.33. The molecule has 0 spiro atoms. The van der Waals surface area contributed by atoms with Gasteiger partial charge >= 0.3 is 0 Å². The molecular formula is C18H18ClNO3. The maximum Gasteiger partial charge on any atom is 0.220 e. The first-order chi connectivity index (χ1) is 11.1. The minimum Gasteiger partial charge on any atom is -0.492 e. The lowest BCUT2D eigenvalue weighted by atomic mass is 10.1. The monoisotopic (exact) mass is 331 g/mol. The average molecular weight is 332 g/mol. The van der Waals surface area contributed by atoms with Crippen LogP contribution in [0.4, 0.5) is 0 Å². The van der Waals surface area contributed by atoms with E-state index in [-0.39, 0.29) is 24.5 Å². The summed E-state index contributed by atoms with van der Waals surface area (Å²) in [6.45, 7) is 0.751. The van der Waals surface area contributed by atoms with Crippen molar-refractivity contribution in [2.45, 2.75) is 12.8 Å². The van der Waals surface area contributed by atoms with Gasteiger partial charge in [-0.15, -0.1) is 0 Å². The molecule has 23 heavy (non-hydrogen) atoms. The average Bonchev–Trinajstić information content (AvgIpc) is 2.59. The van der Waals surface area contributed by atoms with E-state index in [2.05, 4.69) is 5.32 Å². The molecule has 1 amide bonds. The second-order valence-corrected chi connectivity index (χ2v) is 5.38. The van der Waals surface area contributed by atoms with Crippen molar-refractivity contribution in [2.75, 3.05) is 13.2 Å². The van der Waals surface area contributed by atoms with Crippen molar-refractivity contribution in [1.82, 2.24) is 5.32 Å². The minimum atomic E-state index is -0.158. The predicted octanol–water partition coefficient (Wildman–Crippen LogP) is 3.50. The van der Waals surface area contributed by atoms with Crippen molar-refractivity contribution in [3.63, 3.8) is 0 Å². The topological polar surface area (TPSA) is 55.4 Å². The summed E-state index contributed by atoms with van der Waals surface area (Å²) < 4.78 is 5.47. The summed E-state index contributed by atoms with van der Waals surface area (Å²) in [7, 11) is 0. The van der Waals surface area contributed by atoms with Crippen LogP contribution in [0.15, 0.2) is 54.6 Å². The number of carbonyl (C=O) groups excluding carboxylic acids is 2. The molecule has 0 saturated carbocycles. The Morgan fingerprint density at radius 3 is 2.35 bits per heavy atom. The van der Waals surface area contributed by atoms with E-state index >= 15 is 0 Å². The van der Waals surface area contributed by atoms with E-state index in [1.54, 1.807) is 48.5 Å². The highest BCUT2D eigenvalue weighted by molar-refractivity contribution is 6.30. The number of Topliss-reactive ketones (excluding diaryl/α,β-unsaturated/α-hetero) is 1. The number of amides is 1. The Bertz CT molecular complexity index is 641. The third kappa shape index (κ3) is 6.12. The summed E-state index contributed by atoms with van der Waals surface area (Å²) in [5.74, 6) is 0.509. The third-order valence-corrected chi connectivity index (χ3v) is 3.43. The van der Waals surface area contributed by atoms with Crippen LogP contribution in [0.2, 0.25) is 5.02 Å². The number of ketones is 1. The summed E-state index contributed by atoms with van der Waals surface area (Å²) >= 11 is 5.78. The number of benzene rings is 2. The van der Waals surface area contributed by atoms with Crippen molar-refractivity contribution >= 4 is 23.3 Å². The first kappa shape index (κ1) is 17.0. The van der Waals surface area contributed by atoms with Crippen LogP contribution >= 0.6 is 11.6 Å². The van der Waals surface area contributed by atoms with Crippen LogP contribution in [-0.4, -0.2) is 24.8 Å². The van der Waals surface area contributed by atoms with Gasteiger partial charge < -0.3 is 10.1 Å². The van der Waals surface area contributed by atoms with Crippen LogP contribution < -0.4 is 10.1 Å². The molecule has 2 aromatic carbocycles. The number of halogens is 1. The number of ether oxygens (including phenoxy) is 1. The molecule has 5 heteroatoms. The summed E-state index contributed by atoms with van der Waals surface area (Å²) in [4.78, 5) is 23.6. The van der Waals surface area contributed by atoms with Gasteiger partial charge in [0.25, 0.3) is 0 Å². The molecule has 0 heterocycles. The Morgan fingerprint density at radius 2 is 1.65 bits per heavy atom. The second-order valence-electron chi connectivity index (χ2n) is 4.94. The Kier molecular flexibility index (Phi) is 6.63. The minimum absolute atomic E-state index is 0.0295. The molecule has 4 nitrogen and oxygen atoms in total. The number of carbonyl (C=O) groups is 2. The van der Waals surface area contributed by atoms with Gasteiger partial charge in [-0.2, -0.15) is 0 Å². The first-order valence-electron chi connectivity index (χ1n) is 7.38. The van der Waals surface area contributed by atoms with Crippen LogP contribution in [0.1, 0.15) is 23.2 Å². The van der Waals surface area contributed by atoms with Gasteiger partial charge in [-0.25, -0.2) is 0 Å². The Labute approximate surface area is 140 Å². The molecule has 1 N–H and O–H groups in total. The molecule has 0 aromatic heterocycles. The van der Waals surface area contributed by atoms with Crippen LogP contribution in [0.3, 0.4) is 0 Å². The molecule has 0 radical (unpaired) electrons. The van der Waals surface area contributed by atoms with Crippen molar-refractivity contribution in [2.24, 2.45) is 0 Å². The molecule has 0 saturated heterocycles. The maximum absolute atomic E-state index is 11.9. The predicted molar refractivity (Wildman–Crippen MR) is 90.0 cm³/mol. The Balaban J connectivity index is 1.62. The highest BCUT2D eigenvalue weighted by Gasteiger charge is 2.08. The van der Waals surface area contributed by atoms with E-state index in [0.717, 1.165) is 0 Å². The van der Waals surface area contributed by atoms with Gasteiger partial charge in [-0.1, -0.05) is 41.9 Å². The zero-order chi connectivity index (χ0) is 16.5. The maximum atomic E-state index is 11.9. The molecule has 120 valence electrons. The van der Waals surface area contributed by atoms with Crippen molar-refractivity contribution < 1.29 is 14.3 Å². The number of hydrogen-bond acceptors (Lipinski definition) is 3.